The Kier molecular flexibility index (Phi) is 7.69. The number of halogens is 1. The summed E-state index contributed by atoms with van der Waals surface area (Å²) in [6.07, 6.45) is 1.31. The lowest BCUT2D eigenvalue weighted by Crippen LogP contribution is -2.44. The molecule has 28 heavy (non-hydrogen) atoms. The van der Waals surface area contributed by atoms with Gasteiger partial charge in [-0.2, -0.15) is 0 Å². The summed E-state index contributed by atoms with van der Waals surface area (Å²) in [5.41, 5.74) is 0.908. The molecule has 0 atom stereocenters. The Balaban J connectivity index is 1.91. The van der Waals surface area contributed by atoms with E-state index in [-0.39, 0.29) is 28.8 Å². The summed E-state index contributed by atoms with van der Waals surface area (Å²) in [7, 11) is 3.50. The molecular weight excluding hydrogens is 380 g/mol. The third-order valence-corrected chi connectivity index (χ3v) is 5.02. The number of hydrogen-bond donors (Lipinski definition) is 2. The molecule has 1 saturated heterocycles. The zero-order chi connectivity index (χ0) is 20.8. The molecule has 0 bridgehead atoms. The van der Waals surface area contributed by atoms with Crippen LogP contribution in [0.5, 0.6) is 0 Å². The third kappa shape index (κ3) is 5.86. The fourth-order valence-electron chi connectivity index (χ4n) is 3.07. The lowest BCUT2D eigenvalue weighted by Gasteiger charge is -2.32. The zero-order valence-corrected chi connectivity index (χ0v) is 17.7. The summed E-state index contributed by atoms with van der Waals surface area (Å²) < 4.78 is 0. The van der Waals surface area contributed by atoms with E-state index in [1.54, 1.807) is 42.1 Å². The molecule has 1 aromatic rings. The van der Waals surface area contributed by atoms with Crippen molar-refractivity contribution in [1.82, 2.24) is 15.1 Å². The standard InChI is InChI=1S/C20H29ClN4O3/c1-13(2)12-22-18(26)16-6-5-15(11-17(16)21)23-20(28)25-9-7-14(8-10-25)19(27)24(3)4/h5-6,11,13-14H,7-10,12H2,1-4H3,(H,22,26)(H,23,28). The second kappa shape index (κ2) is 9.78. The topological polar surface area (TPSA) is 81.8 Å². The van der Waals surface area contributed by atoms with Crippen molar-refractivity contribution in [2.75, 3.05) is 39.0 Å². The Hall–Kier alpha value is -2.28. The van der Waals surface area contributed by atoms with Crippen LogP contribution in [0.3, 0.4) is 0 Å². The van der Waals surface area contributed by atoms with E-state index in [1.165, 1.54) is 0 Å². The van der Waals surface area contributed by atoms with E-state index in [0.29, 0.717) is 49.6 Å². The third-order valence-electron chi connectivity index (χ3n) is 4.71. The fraction of sp³-hybridized carbons (Fsp3) is 0.550. The van der Waals surface area contributed by atoms with E-state index in [1.807, 2.05) is 13.8 Å². The summed E-state index contributed by atoms with van der Waals surface area (Å²) in [5, 5.41) is 5.92. The van der Waals surface area contributed by atoms with Crippen molar-refractivity contribution in [3.05, 3.63) is 28.8 Å². The van der Waals surface area contributed by atoms with Gasteiger partial charge < -0.3 is 20.4 Å². The summed E-state index contributed by atoms with van der Waals surface area (Å²) in [4.78, 5) is 40.0. The van der Waals surface area contributed by atoms with Crippen molar-refractivity contribution in [3.8, 4) is 0 Å². The quantitative estimate of drug-likeness (QED) is 0.785. The normalized spacial score (nSPS) is 14.7. The minimum atomic E-state index is -0.233. The lowest BCUT2D eigenvalue weighted by molar-refractivity contribution is -0.134. The SMILES string of the molecule is CC(C)CNC(=O)c1ccc(NC(=O)N2CCC(C(=O)N(C)C)CC2)cc1Cl. The number of carbonyl (C=O) groups is 3. The van der Waals surface area contributed by atoms with Crippen LogP contribution in [0.1, 0.15) is 37.0 Å². The average molecular weight is 409 g/mol. The first-order valence-electron chi connectivity index (χ1n) is 9.54. The smallest absolute Gasteiger partial charge is 0.321 e. The predicted molar refractivity (Wildman–Crippen MR) is 111 cm³/mol. The van der Waals surface area contributed by atoms with Gasteiger partial charge in [0.05, 0.1) is 10.6 Å². The molecule has 0 aliphatic carbocycles. The van der Waals surface area contributed by atoms with Gasteiger partial charge in [0.2, 0.25) is 5.91 Å². The minimum Gasteiger partial charge on any atom is -0.352 e. The summed E-state index contributed by atoms with van der Waals surface area (Å²) >= 11 is 6.22. The first-order chi connectivity index (χ1) is 13.2. The van der Waals surface area contributed by atoms with E-state index >= 15 is 0 Å². The number of rotatable bonds is 5. The molecule has 154 valence electrons. The van der Waals surface area contributed by atoms with Gasteiger partial charge in [-0.25, -0.2) is 4.79 Å². The van der Waals surface area contributed by atoms with E-state index < -0.39 is 0 Å². The van der Waals surface area contributed by atoms with Crippen molar-refractivity contribution in [2.24, 2.45) is 11.8 Å². The predicted octanol–water partition coefficient (Wildman–Crippen LogP) is 3.06. The summed E-state index contributed by atoms with van der Waals surface area (Å²) in [5.74, 6) is 0.193. The number of anilines is 1. The monoisotopic (exact) mass is 408 g/mol. The molecule has 0 spiro atoms. The molecule has 0 saturated carbocycles. The van der Waals surface area contributed by atoms with Crippen molar-refractivity contribution in [2.45, 2.75) is 26.7 Å². The molecule has 0 aromatic heterocycles. The fourth-order valence-corrected chi connectivity index (χ4v) is 3.33. The van der Waals surface area contributed by atoms with Crippen LogP contribution in [0.2, 0.25) is 5.02 Å². The Labute approximate surface area is 171 Å². The molecule has 1 aromatic carbocycles. The first kappa shape index (κ1) is 22.0. The van der Waals surface area contributed by atoms with E-state index in [4.69, 9.17) is 11.6 Å². The Bertz CT molecular complexity index is 728. The molecule has 7 nitrogen and oxygen atoms in total. The van der Waals surface area contributed by atoms with Crippen LogP contribution in [0.25, 0.3) is 0 Å². The number of amides is 4. The van der Waals surface area contributed by atoms with E-state index in [0.717, 1.165) is 0 Å². The number of nitrogens with zero attached hydrogens (tertiary/aromatic N) is 2. The lowest BCUT2D eigenvalue weighted by atomic mass is 9.96. The second-order valence-corrected chi connectivity index (χ2v) is 8.13. The summed E-state index contributed by atoms with van der Waals surface area (Å²) in [6.45, 7) is 5.65. The zero-order valence-electron chi connectivity index (χ0n) is 16.9. The van der Waals surface area contributed by atoms with Crippen LogP contribution >= 0.6 is 11.6 Å². The molecule has 2 N–H and O–H groups in total. The number of urea groups is 1. The number of hydrogen-bond acceptors (Lipinski definition) is 3. The van der Waals surface area contributed by atoms with Gasteiger partial charge >= 0.3 is 6.03 Å². The minimum absolute atomic E-state index is 0.0304. The average Bonchev–Trinajstić information content (AvgIpc) is 2.65. The Morgan fingerprint density at radius 1 is 1.21 bits per heavy atom. The molecule has 8 heteroatoms. The maximum Gasteiger partial charge on any atom is 0.321 e. The van der Waals surface area contributed by atoms with Gasteiger partial charge in [0, 0.05) is 45.3 Å². The van der Waals surface area contributed by atoms with Gasteiger partial charge in [-0.15, -0.1) is 0 Å². The van der Waals surface area contributed by atoms with Crippen LogP contribution in [-0.4, -0.2) is 61.4 Å². The number of carbonyl (C=O) groups excluding carboxylic acids is 3. The molecule has 0 radical (unpaired) electrons. The van der Waals surface area contributed by atoms with Gasteiger partial charge in [0.25, 0.3) is 5.91 Å². The molecule has 1 fully saturated rings. The van der Waals surface area contributed by atoms with E-state index in [9.17, 15) is 14.4 Å². The molecule has 1 aliphatic heterocycles. The highest BCUT2D eigenvalue weighted by molar-refractivity contribution is 6.34. The Morgan fingerprint density at radius 2 is 1.86 bits per heavy atom. The Morgan fingerprint density at radius 3 is 2.39 bits per heavy atom. The number of piperidine rings is 1. The first-order valence-corrected chi connectivity index (χ1v) is 9.91. The van der Waals surface area contributed by atoms with Crippen molar-refractivity contribution < 1.29 is 14.4 Å². The number of likely N-dealkylation sites (tertiary alicyclic amines) is 1. The van der Waals surface area contributed by atoms with Crippen LogP contribution in [0.15, 0.2) is 18.2 Å². The van der Waals surface area contributed by atoms with Crippen molar-refractivity contribution in [3.63, 3.8) is 0 Å². The molecule has 1 aliphatic rings. The highest BCUT2D eigenvalue weighted by atomic mass is 35.5. The van der Waals surface area contributed by atoms with Crippen LogP contribution in [0, 0.1) is 11.8 Å². The summed E-state index contributed by atoms with van der Waals surface area (Å²) in [6, 6.07) is 4.61. The second-order valence-electron chi connectivity index (χ2n) is 7.72. The van der Waals surface area contributed by atoms with Crippen LogP contribution < -0.4 is 10.6 Å². The van der Waals surface area contributed by atoms with Gasteiger partial charge in [-0.1, -0.05) is 25.4 Å². The van der Waals surface area contributed by atoms with Crippen LogP contribution in [-0.2, 0) is 4.79 Å². The molecular formula is C20H29ClN4O3. The molecule has 4 amide bonds. The number of nitrogens with one attached hydrogen (secondary N) is 2. The number of benzene rings is 1. The highest BCUT2D eigenvalue weighted by Crippen LogP contribution is 2.23. The van der Waals surface area contributed by atoms with Gasteiger partial charge in [0.15, 0.2) is 0 Å². The van der Waals surface area contributed by atoms with Gasteiger partial charge in [-0.05, 0) is 37.0 Å². The highest BCUT2D eigenvalue weighted by Gasteiger charge is 2.28. The van der Waals surface area contributed by atoms with Crippen LogP contribution in [0.4, 0.5) is 10.5 Å². The molecule has 1 heterocycles. The maximum absolute atomic E-state index is 12.5. The largest absolute Gasteiger partial charge is 0.352 e. The molecule has 2 rings (SSSR count). The van der Waals surface area contributed by atoms with Gasteiger partial charge in [-0.3, -0.25) is 9.59 Å². The molecule has 0 unspecified atom stereocenters. The van der Waals surface area contributed by atoms with Gasteiger partial charge in [0.1, 0.15) is 0 Å². The van der Waals surface area contributed by atoms with E-state index in [2.05, 4.69) is 10.6 Å². The maximum atomic E-state index is 12.5. The van der Waals surface area contributed by atoms with Crippen molar-refractivity contribution >= 4 is 35.1 Å². The van der Waals surface area contributed by atoms with Crippen molar-refractivity contribution in [1.29, 1.82) is 0 Å².